The van der Waals surface area contributed by atoms with Gasteiger partial charge in [0.05, 0.1) is 7.11 Å². The summed E-state index contributed by atoms with van der Waals surface area (Å²) >= 11 is 0. The Morgan fingerprint density at radius 2 is 1.97 bits per heavy atom. The second kappa shape index (κ2) is 7.88. The first kappa shape index (κ1) is 19.5. The molecule has 1 saturated heterocycles. The number of carbonyl (C=O) groups is 1. The lowest BCUT2D eigenvalue weighted by atomic mass is 9.83. The zero-order valence-corrected chi connectivity index (χ0v) is 16.3. The van der Waals surface area contributed by atoms with Crippen molar-refractivity contribution in [2.75, 3.05) is 25.4 Å². The standard InChI is InChI=1S/C21H24N3O5/c1-29-17-5-2-14(3-6-17)4-9-20(25)22-11-15-10-16(13-22)18-7-8-19(24(27)28)21(26)23(18)12-15/h2-3,5-8,15-16,27H,4,9-13H2,1H3/q-1/t15-,16-/m1/s1. The molecule has 2 aliphatic rings. The topological polar surface area (TPSA) is 98.1 Å². The maximum atomic E-state index is 12.8. The lowest BCUT2D eigenvalue weighted by Crippen LogP contribution is -2.49. The Bertz CT molecular complexity index is 954. The zero-order valence-electron chi connectivity index (χ0n) is 16.3. The lowest BCUT2D eigenvalue weighted by molar-refractivity contribution is -0.133. The first-order valence-corrected chi connectivity index (χ1v) is 9.77. The molecule has 2 aromatic rings. The maximum Gasteiger partial charge on any atom is 0.275 e. The minimum atomic E-state index is -0.478. The molecular weight excluding hydrogens is 374 g/mol. The highest BCUT2D eigenvalue weighted by atomic mass is 16.8. The predicted molar refractivity (Wildman–Crippen MR) is 107 cm³/mol. The number of rotatable bonds is 5. The number of hydrogen-bond acceptors (Lipinski definition) is 6. The highest BCUT2D eigenvalue weighted by Crippen LogP contribution is 2.35. The largest absolute Gasteiger partial charge is 0.733 e. The number of aromatic nitrogens is 1. The van der Waals surface area contributed by atoms with Crippen LogP contribution in [0.15, 0.2) is 41.2 Å². The van der Waals surface area contributed by atoms with Crippen molar-refractivity contribution in [1.82, 2.24) is 9.47 Å². The van der Waals surface area contributed by atoms with Gasteiger partial charge in [0.15, 0.2) is 0 Å². The van der Waals surface area contributed by atoms with Crippen LogP contribution in [0.25, 0.3) is 0 Å². The summed E-state index contributed by atoms with van der Waals surface area (Å²) in [5.74, 6) is 1.14. The van der Waals surface area contributed by atoms with Gasteiger partial charge in [0, 0.05) is 37.7 Å². The van der Waals surface area contributed by atoms with E-state index in [4.69, 9.17) is 9.94 Å². The number of ether oxygens (including phenoxy) is 1. The second-order valence-electron chi connectivity index (χ2n) is 7.78. The fraction of sp³-hybridized carbons (Fsp3) is 0.429. The summed E-state index contributed by atoms with van der Waals surface area (Å²) in [7, 11) is 1.62. The van der Waals surface area contributed by atoms with E-state index in [0.717, 1.165) is 23.4 Å². The number of benzene rings is 1. The molecule has 0 saturated carbocycles. The molecule has 3 heterocycles. The first-order chi connectivity index (χ1) is 14.0. The Labute approximate surface area is 168 Å². The van der Waals surface area contributed by atoms with E-state index in [2.05, 4.69) is 0 Å². The van der Waals surface area contributed by atoms with E-state index in [1.807, 2.05) is 29.2 Å². The van der Waals surface area contributed by atoms with Crippen LogP contribution in [-0.2, 0) is 17.8 Å². The van der Waals surface area contributed by atoms with Crippen molar-refractivity contribution in [2.45, 2.75) is 31.7 Å². The van der Waals surface area contributed by atoms with Crippen LogP contribution in [0.1, 0.15) is 30.0 Å². The van der Waals surface area contributed by atoms with Gasteiger partial charge in [-0.2, -0.15) is 0 Å². The van der Waals surface area contributed by atoms with Crippen LogP contribution in [0.4, 0.5) is 5.69 Å². The highest BCUT2D eigenvalue weighted by Gasteiger charge is 2.36. The van der Waals surface area contributed by atoms with Crippen molar-refractivity contribution in [1.29, 1.82) is 0 Å². The number of amides is 1. The van der Waals surface area contributed by atoms with E-state index in [-0.39, 0.29) is 28.7 Å². The molecule has 1 amide bonds. The summed E-state index contributed by atoms with van der Waals surface area (Å²) < 4.78 is 6.73. The van der Waals surface area contributed by atoms with Crippen LogP contribution < -0.4 is 15.5 Å². The van der Waals surface area contributed by atoms with Gasteiger partial charge in [-0.25, -0.2) is 0 Å². The van der Waals surface area contributed by atoms with Crippen LogP contribution >= 0.6 is 0 Å². The maximum absolute atomic E-state index is 12.8. The molecule has 0 aliphatic carbocycles. The molecule has 0 radical (unpaired) electrons. The third kappa shape index (κ3) is 3.86. The number of anilines is 1. The number of piperidine rings is 1. The van der Waals surface area contributed by atoms with Crippen LogP contribution in [0.5, 0.6) is 5.75 Å². The lowest BCUT2D eigenvalue weighted by Gasteiger charge is -2.43. The molecular formula is C21H24N3O5-. The van der Waals surface area contributed by atoms with Gasteiger partial charge < -0.3 is 24.6 Å². The van der Waals surface area contributed by atoms with E-state index >= 15 is 0 Å². The molecule has 154 valence electrons. The van der Waals surface area contributed by atoms with Gasteiger partial charge in [0.25, 0.3) is 5.56 Å². The Morgan fingerprint density at radius 3 is 2.66 bits per heavy atom. The molecule has 1 aromatic heterocycles. The van der Waals surface area contributed by atoms with Crippen LogP contribution in [0, 0.1) is 11.1 Å². The number of carbonyl (C=O) groups excluding carboxylic acids is 1. The Hall–Kier alpha value is -2.84. The molecule has 2 aliphatic heterocycles. The number of methoxy groups -OCH3 is 1. The van der Waals surface area contributed by atoms with E-state index in [0.29, 0.717) is 32.5 Å². The van der Waals surface area contributed by atoms with Crippen molar-refractivity contribution in [3.05, 3.63) is 63.2 Å². The SMILES string of the molecule is COc1ccc(CCC(=O)N2C[C@H]3C[C@H](C2)c2ccc(N([O-])O)c(=O)n2C3)cc1. The van der Waals surface area contributed by atoms with Gasteiger partial charge in [-0.3, -0.25) is 14.8 Å². The minimum Gasteiger partial charge on any atom is -0.733 e. The van der Waals surface area contributed by atoms with E-state index in [9.17, 15) is 14.8 Å². The molecule has 1 fully saturated rings. The quantitative estimate of drug-likeness (QED) is 0.775. The average molecular weight is 398 g/mol. The van der Waals surface area contributed by atoms with Crippen molar-refractivity contribution >= 4 is 11.6 Å². The predicted octanol–water partition coefficient (Wildman–Crippen LogP) is 2.13. The van der Waals surface area contributed by atoms with Crippen molar-refractivity contribution in [2.24, 2.45) is 5.92 Å². The number of likely N-dealkylation sites (tertiary alicyclic amines) is 1. The van der Waals surface area contributed by atoms with Gasteiger partial charge in [-0.1, -0.05) is 12.1 Å². The number of nitrogens with zero attached hydrogens (tertiary/aromatic N) is 3. The minimum absolute atomic E-state index is 0.0629. The molecule has 8 nitrogen and oxygen atoms in total. The number of fused-ring (bicyclic) bond motifs is 4. The fourth-order valence-electron chi connectivity index (χ4n) is 4.49. The Balaban J connectivity index is 1.44. The molecule has 1 aromatic carbocycles. The van der Waals surface area contributed by atoms with E-state index in [1.54, 1.807) is 17.7 Å². The van der Waals surface area contributed by atoms with Crippen LogP contribution in [-0.4, -0.2) is 40.8 Å². The zero-order chi connectivity index (χ0) is 20.5. The number of aryl methyl sites for hydroxylation is 1. The molecule has 1 N–H and O–H groups in total. The molecule has 29 heavy (non-hydrogen) atoms. The van der Waals surface area contributed by atoms with Crippen LogP contribution in [0.3, 0.4) is 0 Å². The van der Waals surface area contributed by atoms with Gasteiger partial charge >= 0.3 is 0 Å². The smallest absolute Gasteiger partial charge is 0.275 e. The molecule has 2 bridgehead atoms. The molecule has 4 rings (SSSR count). The summed E-state index contributed by atoms with van der Waals surface area (Å²) in [6.45, 7) is 1.62. The molecule has 2 atom stereocenters. The Kier molecular flexibility index (Phi) is 5.29. The number of hydrogen-bond donors (Lipinski definition) is 1. The third-order valence-corrected chi connectivity index (χ3v) is 5.93. The summed E-state index contributed by atoms with van der Waals surface area (Å²) in [5, 5.41) is 19.9. The van der Waals surface area contributed by atoms with Gasteiger partial charge in [0.2, 0.25) is 5.91 Å². The van der Waals surface area contributed by atoms with Crippen LogP contribution in [0.2, 0.25) is 0 Å². The first-order valence-electron chi connectivity index (χ1n) is 9.77. The summed E-state index contributed by atoms with van der Waals surface area (Å²) in [6.07, 6.45) is 2.03. The van der Waals surface area contributed by atoms with Crippen molar-refractivity contribution < 1.29 is 14.7 Å². The van der Waals surface area contributed by atoms with Crippen molar-refractivity contribution in [3.63, 3.8) is 0 Å². The second-order valence-corrected chi connectivity index (χ2v) is 7.78. The summed E-state index contributed by atoms with van der Waals surface area (Å²) in [6, 6.07) is 10.8. The average Bonchev–Trinajstić information content (AvgIpc) is 2.72. The Morgan fingerprint density at radius 1 is 1.21 bits per heavy atom. The monoisotopic (exact) mass is 398 g/mol. The van der Waals surface area contributed by atoms with Crippen molar-refractivity contribution in [3.8, 4) is 5.75 Å². The van der Waals surface area contributed by atoms with Gasteiger partial charge in [0.1, 0.15) is 11.4 Å². The summed E-state index contributed by atoms with van der Waals surface area (Å²) in [4.78, 5) is 27.2. The van der Waals surface area contributed by atoms with E-state index < -0.39 is 5.56 Å². The molecule has 0 spiro atoms. The van der Waals surface area contributed by atoms with Gasteiger partial charge in [-0.05, 0) is 48.6 Å². The van der Waals surface area contributed by atoms with E-state index in [1.165, 1.54) is 6.07 Å². The molecule has 8 heteroatoms. The molecule has 0 unspecified atom stereocenters. The highest BCUT2D eigenvalue weighted by molar-refractivity contribution is 5.76. The number of pyridine rings is 1. The fourth-order valence-corrected chi connectivity index (χ4v) is 4.49. The third-order valence-electron chi connectivity index (χ3n) is 5.93. The summed E-state index contributed by atoms with van der Waals surface area (Å²) in [5.41, 5.74) is 1.16. The van der Waals surface area contributed by atoms with Gasteiger partial charge in [-0.15, -0.1) is 0 Å². The normalized spacial score (nSPS) is 20.2.